The van der Waals surface area contributed by atoms with E-state index in [4.69, 9.17) is 9.47 Å². The molecule has 0 radical (unpaired) electrons. The lowest BCUT2D eigenvalue weighted by Gasteiger charge is -2.06. The highest BCUT2D eigenvalue weighted by molar-refractivity contribution is 5.93. The van der Waals surface area contributed by atoms with E-state index in [1.807, 2.05) is 13.8 Å². The summed E-state index contributed by atoms with van der Waals surface area (Å²) in [4.78, 5) is 23.3. The van der Waals surface area contributed by atoms with Crippen LogP contribution in [0.25, 0.3) is 0 Å². The van der Waals surface area contributed by atoms with E-state index >= 15 is 0 Å². The fourth-order valence-electron chi connectivity index (χ4n) is 1.53. The molecule has 114 valence electrons. The zero-order chi connectivity index (χ0) is 14.8. The van der Waals surface area contributed by atoms with Gasteiger partial charge in [-0.3, -0.25) is 0 Å². The van der Waals surface area contributed by atoms with Gasteiger partial charge < -0.3 is 9.47 Å². The molecule has 0 aromatic heterocycles. The second-order valence-electron chi connectivity index (χ2n) is 4.56. The van der Waals surface area contributed by atoms with Crippen LogP contribution in [-0.2, 0) is 9.47 Å². The zero-order valence-corrected chi connectivity index (χ0v) is 12.2. The Bertz CT molecular complexity index is 387. The molecule has 5 heteroatoms. The van der Waals surface area contributed by atoms with Crippen LogP contribution in [0, 0.1) is 0 Å². The SMILES string of the molecule is CCCCOC(=O)c1ccc(C(=O)OCCCC)cc1.[MgH2]. The summed E-state index contributed by atoms with van der Waals surface area (Å²) in [7, 11) is 0. The van der Waals surface area contributed by atoms with Crippen molar-refractivity contribution in [1.82, 2.24) is 0 Å². The fourth-order valence-corrected chi connectivity index (χ4v) is 1.53. The molecule has 0 unspecified atom stereocenters. The van der Waals surface area contributed by atoms with E-state index in [1.54, 1.807) is 24.3 Å². The van der Waals surface area contributed by atoms with Gasteiger partial charge >= 0.3 is 35.0 Å². The Balaban J connectivity index is 0.00000400. The average Bonchev–Trinajstić information content (AvgIpc) is 2.47. The third kappa shape index (κ3) is 7.48. The quantitative estimate of drug-likeness (QED) is 0.421. The Labute approximate surface area is 142 Å². The minimum absolute atomic E-state index is 0. The number of ether oxygens (including phenoxy) is 2. The number of benzene rings is 1. The first kappa shape index (κ1) is 19.9. The van der Waals surface area contributed by atoms with E-state index in [2.05, 4.69) is 0 Å². The first-order valence-corrected chi connectivity index (χ1v) is 7.13. The lowest BCUT2D eigenvalue weighted by molar-refractivity contribution is 0.0485. The monoisotopic (exact) mass is 304 g/mol. The molecule has 0 heterocycles. The van der Waals surface area contributed by atoms with E-state index < -0.39 is 0 Å². The number of hydrogen-bond acceptors (Lipinski definition) is 4. The van der Waals surface area contributed by atoms with Gasteiger partial charge in [-0.1, -0.05) is 26.7 Å². The predicted octanol–water partition coefficient (Wildman–Crippen LogP) is 2.68. The molecule has 4 nitrogen and oxygen atoms in total. The summed E-state index contributed by atoms with van der Waals surface area (Å²) in [6.45, 7) is 4.92. The summed E-state index contributed by atoms with van der Waals surface area (Å²) in [5, 5.41) is 0. The van der Waals surface area contributed by atoms with E-state index in [0.717, 1.165) is 25.7 Å². The molecule has 21 heavy (non-hydrogen) atoms. The maximum absolute atomic E-state index is 11.7. The standard InChI is InChI=1S/C16H22O4.Mg.2H/c1-3-5-11-19-15(17)13-7-9-14(10-8-13)16(18)20-12-6-4-2;;;/h7-10H,3-6,11-12H2,1-2H3;;;. The number of carbonyl (C=O) groups excluding carboxylic acids is 2. The van der Waals surface area contributed by atoms with Crippen LogP contribution >= 0.6 is 0 Å². The third-order valence-corrected chi connectivity index (χ3v) is 2.82. The van der Waals surface area contributed by atoms with Crippen LogP contribution in [0.5, 0.6) is 0 Å². The van der Waals surface area contributed by atoms with Gasteiger partial charge in [0.15, 0.2) is 0 Å². The molecule has 0 spiro atoms. The van der Waals surface area contributed by atoms with Gasteiger partial charge in [-0.05, 0) is 37.1 Å². The molecule has 0 fully saturated rings. The van der Waals surface area contributed by atoms with Crippen molar-refractivity contribution in [3.8, 4) is 0 Å². The van der Waals surface area contributed by atoms with Crippen LogP contribution < -0.4 is 0 Å². The summed E-state index contributed by atoms with van der Waals surface area (Å²) >= 11 is 0. The van der Waals surface area contributed by atoms with Gasteiger partial charge in [-0.15, -0.1) is 0 Å². The van der Waals surface area contributed by atoms with Crippen LogP contribution in [-0.4, -0.2) is 48.2 Å². The lowest BCUT2D eigenvalue weighted by Crippen LogP contribution is -2.09. The van der Waals surface area contributed by atoms with E-state index in [1.165, 1.54) is 0 Å². The molecule has 0 atom stereocenters. The van der Waals surface area contributed by atoms with Crippen molar-refractivity contribution in [2.75, 3.05) is 13.2 Å². The molecule has 0 aliphatic rings. The summed E-state index contributed by atoms with van der Waals surface area (Å²) < 4.78 is 10.2. The maximum atomic E-state index is 11.7. The Hall–Kier alpha value is -1.07. The van der Waals surface area contributed by atoms with Gasteiger partial charge in [0, 0.05) is 0 Å². The van der Waals surface area contributed by atoms with Crippen molar-refractivity contribution < 1.29 is 19.1 Å². The summed E-state index contributed by atoms with van der Waals surface area (Å²) in [5.41, 5.74) is 0.900. The van der Waals surface area contributed by atoms with E-state index in [0.29, 0.717) is 24.3 Å². The van der Waals surface area contributed by atoms with Gasteiger partial charge in [0.05, 0.1) is 24.3 Å². The second-order valence-corrected chi connectivity index (χ2v) is 4.56. The van der Waals surface area contributed by atoms with Gasteiger partial charge in [0.2, 0.25) is 0 Å². The molecular formula is C16H24MgO4. The Morgan fingerprint density at radius 1 is 0.810 bits per heavy atom. The molecule has 0 aliphatic carbocycles. The Morgan fingerprint density at radius 3 is 1.43 bits per heavy atom. The van der Waals surface area contributed by atoms with Crippen LogP contribution in [0.15, 0.2) is 24.3 Å². The molecule has 0 aliphatic heterocycles. The van der Waals surface area contributed by atoms with Crippen molar-refractivity contribution in [1.29, 1.82) is 0 Å². The Kier molecular flexibility index (Phi) is 11.0. The third-order valence-electron chi connectivity index (χ3n) is 2.82. The molecule has 0 amide bonds. The number of esters is 2. The van der Waals surface area contributed by atoms with Gasteiger partial charge in [-0.25, -0.2) is 9.59 Å². The number of rotatable bonds is 8. The number of unbranched alkanes of at least 4 members (excludes halogenated alkanes) is 2. The van der Waals surface area contributed by atoms with E-state index in [-0.39, 0.29) is 35.0 Å². The van der Waals surface area contributed by atoms with Gasteiger partial charge in [0.1, 0.15) is 0 Å². The highest BCUT2D eigenvalue weighted by Crippen LogP contribution is 2.08. The Morgan fingerprint density at radius 2 is 1.14 bits per heavy atom. The van der Waals surface area contributed by atoms with Gasteiger partial charge in [-0.2, -0.15) is 0 Å². The van der Waals surface area contributed by atoms with Crippen LogP contribution in [0.4, 0.5) is 0 Å². The molecule has 1 aromatic rings. The molecule has 1 rings (SSSR count). The fraction of sp³-hybridized carbons (Fsp3) is 0.500. The number of hydrogen-bond donors (Lipinski definition) is 0. The summed E-state index contributed by atoms with van der Waals surface area (Å²) in [6, 6.07) is 6.35. The molecule has 1 aromatic carbocycles. The smallest absolute Gasteiger partial charge is 0.338 e. The predicted molar refractivity (Wildman–Crippen MR) is 85.4 cm³/mol. The van der Waals surface area contributed by atoms with Crippen LogP contribution in [0.2, 0.25) is 0 Å². The molecular weight excluding hydrogens is 280 g/mol. The summed E-state index contributed by atoms with van der Waals surface area (Å²) in [6.07, 6.45) is 3.67. The van der Waals surface area contributed by atoms with Crippen molar-refractivity contribution in [3.05, 3.63) is 35.4 Å². The zero-order valence-electron chi connectivity index (χ0n) is 12.2. The first-order valence-electron chi connectivity index (χ1n) is 7.13. The molecule has 0 bridgehead atoms. The van der Waals surface area contributed by atoms with Crippen LogP contribution in [0.3, 0.4) is 0 Å². The average molecular weight is 305 g/mol. The molecule has 0 saturated carbocycles. The van der Waals surface area contributed by atoms with Crippen molar-refractivity contribution in [2.45, 2.75) is 39.5 Å². The van der Waals surface area contributed by atoms with E-state index in [9.17, 15) is 9.59 Å². The topological polar surface area (TPSA) is 52.6 Å². The largest absolute Gasteiger partial charge is 0.462 e. The van der Waals surface area contributed by atoms with Crippen LogP contribution in [0.1, 0.15) is 60.2 Å². The van der Waals surface area contributed by atoms with Crippen molar-refractivity contribution >= 4 is 35.0 Å². The van der Waals surface area contributed by atoms with Crippen molar-refractivity contribution in [3.63, 3.8) is 0 Å². The minimum atomic E-state index is -0.357. The van der Waals surface area contributed by atoms with Crippen molar-refractivity contribution in [2.24, 2.45) is 0 Å². The van der Waals surface area contributed by atoms with Gasteiger partial charge in [0.25, 0.3) is 0 Å². The highest BCUT2D eigenvalue weighted by atomic mass is 24.3. The minimum Gasteiger partial charge on any atom is -0.462 e. The maximum Gasteiger partial charge on any atom is 0.338 e. The number of carbonyl (C=O) groups is 2. The highest BCUT2D eigenvalue weighted by Gasteiger charge is 2.10. The molecule has 0 N–H and O–H groups in total. The lowest BCUT2D eigenvalue weighted by atomic mass is 10.1. The second kappa shape index (κ2) is 11.6. The molecule has 0 saturated heterocycles. The normalized spacial score (nSPS) is 9.62. The summed E-state index contributed by atoms with van der Waals surface area (Å²) in [5.74, 6) is -0.714. The first-order chi connectivity index (χ1) is 9.69.